The van der Waals surface area contributed by atoms with E-state index in [1.54, 1.807) is 21.9 Å². The predicted molar refractivity (Wildman–Crippen MR) is 109 cm³/mol. The summed E-state index contributed by atoms with van der Waals surface area (Å²) in [5, 5.41) is 4.31. The van der Waals surface area contributed by atoms with Crippen LogP contribution in [0.5, 0.6) is 0 Å². The van der Waals surface area contributed by atoms with E-state index in [1.165, 1.54) is 16.7 Å². The van der Waals surface area contributed by atoms with Crippen molar-refractivity contribution in [3.05, 3.63) is 80.6 Å². The fraction of sp³-hybridized carbons (Fsp3) is 0.238. The van der Waals surface area contributed by atoms with Gasteiger partial charge in [0.25, 0.3) is 0 Å². The number of halogens is 1. The molecular formula is C21H18FN5O3. The molecule has 0 aliphatic carbocycles. The highest BCUT2D eigenvalue weighted by Crippen LogP contribution is 2.28. The number of para-hydroxylation sites is 1. The van der Waals surface area contributed by atoms with Gasteiger partial charge in [-0.2, -0.15) is 0 Å². The lowest BCUT2D eigenvalue weighted by Gasteiger charge is -2.19. The number of fused-ring (bicyclic) bond motifs is 2. The van der Waals surface area contributed by atoms with Gasteiger partial charge in [0.05, 0.1) is 0 Å². The molecule has 0 saturated heterocycles. The molecular weight excluding hydrogens is 389 g/mol. The second-order valence-corrected chi connectivity index (χ2v) is 7.27. The van der Waals surface area contributed by atoms with Crippen molar-refractivity contribution >= 4 is 23.2 Å². The number of rotatable bonds is 3. The van der Waals surface area contributed by atoms with Gasteiger partial charge in [0.2, 0.25) is 11.9 Å². The molecule has 0 radical (unpaired) electrons. The molecule has 0 spiro atoms. The fourth-order valence-electron chi connectivity index (χ4n) is 4.01. The first kappa shape index (κ1) is 18.3. The fourth-order valence-corrected chi connectivity index (χ4v) is 4.01. The van der Waals surface area contributed by atoms with Gasteiger partial charge in [0.1, 0.15) is 12.4 Å². The summed E-state index contributed by atoms with van der Waals surface area (Å²) in [7, 11) is 0. The Kier molecular flexibility index (Phi) is 4.23. The summed E-state index contributed by atoms with van der Waals surface area (Å²) >= 11 is 0. The van der Waals surface area contributed by atoms with Gasteiger partial charge in [0.15, 0.2) is 0 Å². The largest absolute Gasteiger partial charge is 0.333 e. The SMILES string of the molecule is O=C(Cn1nc2n(c(=O)c1=O)CCN2c1ccc(F)cc1)N1CCc2ccccc21. The number of anilines is 3. The highest BCUT2D eigenvalue weighted by Gasteiger charge is 2.28. The van der Waals surface area contributed by atoms with Gasteiger partial charge in [-0.15, -0.1) is 5.10 Å². The van der Waals surface area contributed by atoms with Crippen molar-refractivity contribution in [1.82, 2.24) is 14.3 Å². The van der Waals surface area contributed by atoms with Gasteiger partial charge in [-0.1, -0.05) is 18.2 Å². The molecule has 1 amide bonds. The molecule has 5 rings (SSSR count). The Morgan fingerprint density at radius 1 is 0.967 bits per heavy atom. The molecule has 8 nitrogen and oxygen atoms in total. The number of hydrogen-bond acceptors (Lipinski definition) is 5. The first-order valence-electron chi connectivity index (χ1n) is 9.66. The van der Waals surface area contributed by atoms with Crippen LogP contribution in [0.25, 0.3) is 0 Å². The minimum atomic E-state index is -0.833. The number of carbonyl (C=O) groups excluding carboxylic acids is 1. The summed E-state index contributed by atoms with van der Waals surface area (Å²) in [6.07, 6.45) is 0.745. The molecule has 0 saturated carbocycles. The number of nitrogens with zero attached hydrogens (tertiary/aromatic N) is 5. The van der Waals surface area contributed by atoms with Crippen LogP contribution in [-0.2, 0) is 24.3 Å². The van der Waals surface area contributed by atoms with E-state index in [4.69, 9.17) is 0 Å². The van der Waals surface area contributed by atoms with Crippen LogP contribution in [-0.4, -0.2) is 33.3 Å². The molecule has 0 atom stereocenters. The van der Waals surface area contributed by atoms with Gasteiger partial charge >= 0.3 is 11.1 Å². The predicted octanol–water partition coefficient (Wildman–Crippen LogP) is 1.29. The van der Waals surface area contributed by atoms with E-state index in [-0.39, 0.29) is 24.2 Å². The molecule has 30 heavy (non-hydrogen) atoms. The molecule has 3 heterocycles. The second-order valence-electron chi connectivity index (χ2n) is 7.27. The molecule has 3 aromatic rings. The minimum absolute atomic E-state index is 0.265. The summed E-state index contributed by atoms with van der Waals surface area (Å²) < 4.78 is 15.5. The smallest absolute Gasteiger partial charge is 0.310 e. The molecule has 9 heteroatoms. The molecule has 2 aliphatic heterocycles. The monoisotopic (exact) mass is 407 g/mol. The lowest BCUT2D eigenvalue weighted by atomic mass is 10.2. The Morgan fingerprint density at radius 2 is 1.73 bits per heavy atom. The summed E-state index contributed by atoms with van der Waals surface area (Å²) in [4.78, 5) is 41.4. The van der Waals surface area contributed by atoms with E-state index in [0.29, 0.717) is 25.3 Å². The number of carbonyl (C=O) groups is 1. The highest BCUT2D eigenvalue weighted by atomic mass is 19.1. The van der Waals surface area contributed by atoms with Crippen LogP contribution in [0.4, 0.5) is 21.7 Å². The first-order valence-corrected chi connectivity index (χ1v) is 9.66. The number of benzene rings is 2. The van der Waals surface area contributed by atoms with E-state index < -0.39 is 11.1 Å². The molecule has 0 bridgehead atoms. The average Bonchev–Trinajstić information content (AvgIpc) is 3.37. The van der Waals surface area contributed by atoms with Gasteiger partial charge < -0.3 is 9.80 Å². The molecule has 2 aliphatic rings. The van der Waals surface area contributed by atoms with Crippen molar-refractivity contribution in [2.45, 2.75) is 19.5 Å². The van der Waals surface area contributed by atoms with Crippen molar-refractivity contribution in [1.29, 1.82) is 0 Å². The third kappa shape index (κ3) is 2.90. The Bertz CT molecular complexity index is 1260. The number of amides is 1. The Balaban J connectivity index is 1.49. The van der Waals surface area contributed by atoms with Crippen LogP contribution in [0.15, 0.2) is 58.1 Å². The van der Waals surface area contributed by atoms with E-state index in [9.17, 15) is 18.8 Å². The van der Waals surface area contributed by atoms with E-state index in [1.807, 2.05) is 24.3 Å². The normalized spacial score (nSPS) is 14.7. The van der Waals surface area contributed by atoms with E-state index >= 15 is 0 Å². The molecule has 0 fully saturated rings. The quantitative estimate of drug-likeness (QED) is 0.611. The van der Waals surface area contributed by atoms with Crippen molar-refractivity contribution in [3.63, 3.8) is 0 Å². The van der Waals surface area contributed by atoms with Gasteiger partial charge in [-0.3, -0.25) is 19.0 Å². The third-order valence-corrected chi connectivity index (χ3v) is 5.51. The van der Waals surface area contributed by atoms with Crippen LogP contribution >= 0.6 is 0 Å². The maximum Gasteiger partial charge on any atom is 0.333 e. The highest BCUT2D eigenvalue weighted by molar-refractivity contribution is 5.95. The van der Waals surface area contributed by atoms with Crippen LogP contribution in [0, 0.1) is 5.82 Å². The summed E-state index contributed by atoms with van der Waals surface area (Å²) in [6, 6.07) is 13.4. The summed E-state index contributed by atoms with van der Waals surface area (Å²) in [6.45, 7) is 0.916. The summed E-state index contributed by atoms with van der Waals surface area (Å²) in [5.41, 5.74) is 0.989. The minimum Gasteiger partial charge on any atom is -0.310 e. The lowest BCUT2D eigenvalue weighted by Crippen LogP contribution is -2.45. The van der Waals surface area contributed by atoms with Crippen LogP contribution < -0.4 is 20.9 Å². The van der Waals surface area contributed by atoms with Crippen LogP contribution in [0.3, 0.4) is 0 Å². The summed E-state index contributed by atoms with van der Waals surface area (Å²) in [5.74, 6) is -0.407. The number of aromatic nitrogens is 3. The molecule has 0 N–H and O–H groups in total. The second kappa shape index (κ2) is 6.94. The van der Waals surface area contributed by atoms with Crippen molar-refractivity contribution in [3.8, 4) is 0 Å². The Morgan fingerprint density at radius 3 is 2.53 bits per heavy atom. The van der Waals surface area contributed by atoms with Crippen LogP contribution in [0.1, 0.15) is 5.56 Å². The van der Waals surface area contributed by atoms with E-state index in [0.717, 1.165) is 22.4 Å². The van der Waals surface area contributed by atoms with Crippen molar-refractivity contribution in [2.24, 2.45) is 0 Å². The van der Waals surface area contributed by atoms with Gasteiger partial charge in [0, 0.05) is 31.0 Å². The van der Waals surface area contributed by atoms with Crippen LogP contribution in [0.2, 0.25) is 0 Å². The maximum absolute atomic E-state index is 13.3. The average molecular weight is 407 g/mol. The molecule has 152 valence electrons. The van der Waals surface area contributed by atoms with Gasteiger partial charge in [-0.05, 0) is 42.3 Å². The van der Waals surface area contributed by atoms with E-state index in [2.05, 4.69) is 5.10 Å². The molecule has 1 aromatic heterocycles. The van der Waals surface area contributed by atoms with Crippen molar-refractivity contribution < 1.29 is 9.18 Å². The zero-order chi connectivity index (χ0) is 20.8. The van der Waals surface area contributed by atoms with Crippen molar-refractivity contribution in [2.75, 3.05) is 22.9 Å². The van der Waals surface area contributed by atoms with Gasteiger partial charge in [-0.25, -0.2) is 9.07 Å². The number of hydrogen-bond donors (Lipinski definition) is 0. The Labute approximate surface area is 170 Å². The maximum atomic E-state index is 13.3. The molecule has 2 aromatic carbocycles. The zero-order valence-corrected chi connectivity index (χ0v) is 16.0. The topological polar surface area (TPSA) is 80.4 Å². The molecule has 0 unspecified atom stereocenters. The lowest BCUT2D eigenvalue weighted by molar-refractivity contribution is -0.119. The Hall–Kier alpha value is -3.75. The standard InChI is InChI=1S/C21H18FN5O3/c22-15-5-7-16(8-6-15)24-11-12-26-19(29)20(30)27(23-21(24)26)13-18(28)25-10-9-14-3-1-2-4-17(14)25/h1-8H,9-13H2. The zero-order valence-electron chi connectivity index (χ0n) is 16.0. The first-order chi connectivity index (χ1) is 14.5. The third-order valence-electron chi connectivity index (χ3n) is 5.51.